The van der Waals surface area contributed by atoms with Crippen molar-refractivity contribution >= 4 is 17.3 Å². The summed E-state index contributed by atoms with van der Waals surface area (Å²) in [6, 6.07) is 17.3. The summed E-state index contributed by atoms with van der Waals surface area (Å²) in [6.45, 7) is 1.69. The van der Waals surface area contributed by atoms with E-state index < -0.39 is 11.9 Å². The Bertz CT molecular complexity index is 1150. The Balaban J connectivity index is 1.72. The number of aryl methyl sites for hydroxylation is 1. The van der Waals surface area contributed by atoms with E-state index in [-0.39, 0.29) is 17.6 Å². The molecule has 7 heteroatoms. The second kappa shape index (κ2) is 8.01. The number of anilines is 1. The number of aromatic nitrogens is 2. The molecule has 0 fully saturated rings. The van der Waals surface area contributed by atoms with Gasteiger partial charge in [-0.3, -0.25) is 0 Å². The third-order valence-corrected chi connectivity index (χ3v) is 4.70. The van der Waals surface area contributed by atoms with Crippen LogP contribution in [0.1, 0.15) is 23.1 Å². The number of hydrogen-bond acceptors (Lipinski definition) is 4. The van der Waals surface area contributed by atoms with Crippen LogP contribution < -0.4 is 5.32 Å². The van der Waals surface area contributed by atoms with E-state index in [0.717, 1.165) is 5.56 Å². The quantitative estimate of drug-likeness (QED) is 0.426. The molecule has 0 aliphatic rings. The highest BCUT2D eigenvalue weighted by Gasteiger charge is 2.22. The lowest BCUT2D eigenvalue weighted by atomic mass is 10.1. The van der Waals surface area contributed by atoms with Gasteiger partial charge in [0, 0.05) is 16.3 Å². The van der Waals surface area contributed by atoms with Crippen LogP contribution >= 0.6 is 11.6 Å². The molecule has 0 amide bonds. The predicted octanol–water partition coefficient (Wildman–Crippen LogP) is 6.18. The summed E-state index contributed by atoms with van der Waals surface area (Å²) in [6.07, 6.45) is 0. The summed E-state index contributed by atoms with van der Waals surface area (Å²) in [7, 11) is 0. The van der Waals surface area contributed by atoms with Gasteiger partial charge in [0.2, 0.25) is 11.8 Å². The van der Waals surface area contributed by atoms with Gasteiger partial charge < -0.3 is 9.73 Å². The maximum atomic E-state index is 14.0. The molecule has 4 aromatic rings. The van der Waals surface area contributed by atoms with E-state index in [4.69, 9.17) is 16.0 Å². The van der Waals surface area contributed by atoms with Crippen molar-refractivity contribution in [2.75, 3.05) is 5.32 Å². The number of nitrogens with zero attached hydrogens (tertiary/aromatic N) is 2. The van der Waals surface area contributed by atoms with E-state index in [0.29, 0.717) is 21.8 Å². The van der Waals surface area contributed by atoms with Gasteiger partial charge in [0.25, 0.3) is 0 Å². The molecule has 0 unspecified atom stereocenters. The van der Waals surface area contributed by atoms with Crippen LogP contribution in [0.5, 0.6) is 0 Å². The van der Waals surface area contributed by atoms with E-state index in [1.807, 2.05) is 12.1 Å². The van der Waals surface area contributed by atoms with E-state index in [1.165, 1.54) is 18.2 Å². The molecular weight excluding hydrogens is 396 g/mol. The topological polar surface area (TPSA) is 51.0 Å². The van der Waals surface area contributed by atoms with Crippen LogP contribution in [0.15, 0.2) is 71.1 Å². The van der Waals surface area contributed by atoms with Crippen molar-refractivity contribution in [2.45, 2.75) is 13.0 Å². The van der Waals surface area contributed by atoms with Crippen LogP contribution in [0.25, 0.3) is 11.5 Å². The Kier molecular flexibility index (Phi) is 5.27. The van der Waals surface area contributed by atoms with Crippen molar-refractivity contribution in [2.24, 2.45) is 0 Å². The molecule has 0 saturated carbocycles. The SMILES string of the molecule is Cc1ccc(N[C@@H](c2ccc(Cl)cc2)c2nnc(-c3cccc(F)c3)o2)cc1F. The minimum Gasteiger partial charge on any atom is -0.418 e. The smallest absolute Gasteiger partial charge is 0.247 e. The van der Waals surface area contributed by atoms with E-state index in [9.17, 15) is 8.78 Å². The molecule has 29 heavy (non-hydrogen) atoms. The molecule has 0 aliphatic carbocycles. The second-order valence-corrected chi connectivity index (χ2v) is 6.99. The highest BCUT2D eigenvalue weighted by molar-refractivity contribution is 6.30. The van der Waals surface area contributed by atoms with Gasteiger partial charge in [0.1, 0.15) is 17.7 Å². The van der Waals surface area contributed by atoms with Crippen LogP contribution in [-0.2, 0) is 0 Å². The number of benzene rings is 3. The van der Waals surface area contributed by atoms with Crippen LogP contribution in [0.4, 0.5) is 14.5 Å². The summed E-state index contributed by atoms with van der Waals surface area (Å²) in [5.41, 5.74) is 2.37. The summed E-state index contributed by atoms with van der Waals surface area (Å²) in [4.78, 5) is 0. The number of nitrogens with one attached hydrogen (secondary N) is 1. The molecule has 146 valence electrons. The third kappa shape index (κ3) is 4.27. The average molecular weight is 412 g/mol. The normalized spacial score (nSPS) is 12.0. The van der Waals surface area contributed by atoms with Gasteiger partial charge >= 0.3 is 0 Å². The molecule has 4 rings (SSSR count). The fourth-order valence-corrected chi connectivity index (χ4v) is 3.01. The van der Waals surface area contributed by atoms with Gasteiger partial charge in [0.05, 0.1) is 0 Å². The molecular formula is C22H16ClF2N3O. The molecule has 1 N–H and O–H groups in total. The van der Waals surface area contributed by atoms with Gasteiger partial charge in [-0.05, 0) is 60.5 Å². The first-order valence-corrected chi connectivity index (χ1v) is 9.25. The molecule has 0 bridgehead atoms. The first-order chi connectivity index (χ1) is 14.0. The summed E-state index contributed by atoms with van der Waals surface area (Å²) in [5, 5.41) is 12.0. The van der Waals surface area contributed by atoms with Crippen LogP contribution in [-0.4, -0.2) is 10.2 Å². The maximum Gasteiger partial charge on any atom is 0.247 e. The highest BCUT2D eigenvalue weighted by Crippen LogP contribution is 2.30. The Hall–Kier alpha value is -3.25. The minimum atomic E-state index is -0.552. The van der Waals surface area contributed by atoms with Gasteiger partial charge in [0.15, 0.2) is 0 Å². The Labute approximate surface area is 171 Å². The zero-order chi connectivity index (χ0) is 20.4. The van der Waals surface area contributed by atoms with Crippen molar-refractivity contribution in [1.82, 2.24) is 10.2 Å². The van der Waals surface area contributed by atoms with Crippen molar-refractivity contribution in [3.8, 4) is 11.5 Å². The fourth-order valence-electron chi connectivity index (χ4n) is 2.88. The lowest BCUT2D eigenvalue weighted by Gasteiger charge is -2.17. The lowest BCUT2D eigenvalue weighted by molar-refractivity contribution is 0.493. The molecule has 1 heterocycles. The molecule has 0 radical (unpaired) electrons. The lowest BCUT2D eigenvalue weighted by Crippen LogP contribution is -2.13. The zero-order valence-electron chi connectivity index (χ0n) is 15.4. The van der Waals surface area contributed by atoms with E-state index in [1.54, 1.807) is 43.3 Å². The molecule has 0 saturated heterocycles. The van der Waals surface area contributed by atoms with Gasteiger partial charge in [-0.25, -0.2) is 8.78 Å². The molecule has 3 aromatic carbocycles. The maximum absolute atomic E-state index is 14.0. The number of halogens is 3. The standard InChI is InChI=1S/C22H16ClF2N3O/c1-13-5-10-18(12-19(13)25)26-20(14-6-8-16(23)9-7-14)22-28-27-21(29-22)15-3-2-4-17(24)11-15/h2-12,20,26H,1H3/t20-/m0/s1. The zero-order valence-corrected chi connectivity index (χ0v) is 16.1. The van der Waals surface area contributed by atoms with Crippen molar-refractivity contribution in [3.63, 3.8) is 0 Å². The molecule has 0 spiro atoms. The van der Waals surface area contributed by atoms with E-state index >= 15 is 0 Å². The Morgan fingerprint density at radius 2 is 1.76 bits per heavy atom. The summed E-state index contributed by atoms with van der Waals surface area (Å²) < 4.78 is 33.4. The van der Waals surface area contributed by atoms with Gasteiger partial charge in [-0.2, -0.15) is 0 Å². The highest BCUT2D eigenvalue weighted by atomic mass is 35.5. The molecule has 0 aliphatic heterocycles. The van der Waals surface area contributed by atoms with Crippen molar-refractivity contribution < 1.29 is 13.2 Å². The van der Waals surface area contributed by atoms with Gasteiger partial charge in [-0.1, -0.05) is 35.9 Å². The van der Waals surface area contributed by atoms with E-state index in [2.05, 4.69) is 15.5 Å². The van der Waals surface area contributed by atoms with Crippen LogP contribution in [0, 0.1) is 18.6 Å². The van der Waals surface area contributed by atoms with Crippen LogP contribution in [0.3, 0.4) is 0 Å². The number of hydrogen-bond donors (Lipinski definition) is 1. The Morgan fingerprint density at radius 3 is 2.48 bits per heavy atom. The monoisotopic (exact) mass is 411 g/mol. The summed E-state index contributed by atoms with van der Waals surface area (Å²) in [5.74, 6) is -0.275. The largest absolute Gasteiger partial charge is 0.418 e. The summed E-state index contributed by atoms with van der Waals surface area (Å²) >= 11 is 6.00. The first kappa shape index (κ1) is 19.1. The molecule has 1 atom stereocenters. The predicted molar refractivity (Wildman–Crippen MR) is 108 cm³/mol. The number of rotatable bonds is 5. The second-order valence-electron chi connectivity index (χ2n) is 6.55. The fraction of sp³-hybridized carbons (Fsp3) is 0.0909. The molecule has 4 nitrogen and oxygen atoms in total. The van der Waals surface area contributed by atoms with Crippen molar-refractivity contribution in [1.29, 1.82) is 0 Å². The third-order valence-electron chi connectivity index (χ3n) is 4.45. The molecule has 1 aromatic heterocycles. The van der Waals surface area contributed by atoms with Crippen molar-refractivity contribution in [3.05, 3.63) is 100 Å². The van der Waals surface area contributed by atoms with Crippen LogP contribution in [0.2, 0.25) is 5.02 Å². The Morgan fingerprint density at radius 1 is 0.966 bits per heavy atom. The average Bonchev–Trinajstić information content (AvgIpc) is 3.20. The minimum absolute atomic E-state index is 0.190. The van der Waals surface area contributed by atoms with Gasteiger partial charge in [-0.15, -0.1) is 10.2 Å². The first-order valence-electron chi connectivity index (χ1n) is 8.87.